The maximum absolute atomic E-state index is 12.1. The van der Waals surface area contributed by atoms with Gasteiger partial charge in [0.1, 0.15) is 11.6 Å². The SMILES string of the molecule is CC(C)(C)OC(=O)N1CC2(C[C@H]1C(=O)O)CC2(Br)Br. The molecule has 0 bridgehead atoms. The fourth-order valence-electron chi connectivity index (χ4n) is 2.49. The third-order valence-electron chi connectivity index (χ3n) is 3.56. The molecular weight excluding hydrogens is 382 g/mol. The third-order valence-corrected chi connectivity index (χ3v) is 5.80. The highest BCUT2D eigenvalue weighted by molar-refractivity contribution is 9.25. The van der Waals surface area contributed by atoms with E-state index in [2.05, 4.69) is 31.9 Å². The number of hydrogen-bond acceptors (Lipinski definition) is 3. The van der Waals surface area contributed by atoms with Gasteiger partial charge in [0.2, 0.25) is 0 Å². The topological polar surface area (TPSA) is 66.8 Å². The van der Waals surface area contributed by atoms with Crippen LogP contribution in [0.4, 0.5) is 4.79 Å². The fraction of sp³-hybridized carbons (Fsp3) is 0.833. The van der Waals surface area contributed by atoms with Gasteiger partial charge in [-0.3, -0.25) is 4.90 Å². The number of carbonyl (C=O) groups is 2. The van der Waals surface area contributed by atoms with Crippen molar-refractivity contribution in [2.45, 2.75) is 48.5 Å². The highest BCUT2D eigenvalue weighted by Gasteiger charge is 2.70. The second kappa shape index (κ2) is 4.35. The first-order chi connectivity index (χ1) is 8.47. The minimum absolute atomic E-state index is 0.201. The molecule has 0 radical (unpaired) electrons. The number of carbonyl (C=O) groups excluding carboxylic acids is 1. The summed E-state index contributed by atoms with van der Waals surface area (Å²) in [6.07, 6.45) is 0.695. The second-order valence-electron chi connectivity index (χ2n) is 6.33. The Bertz CT molecular complexity index is 432. The van der Waals surface area contributed by atoms with Gasteiger partial charge in [0, 0.05) is 12.0 Å². The molecule has 1 saturated carbocycles. The van der Waals surface area contributed by atoms with Crippen LogP contribution in [0.1, 0.15) is 33.6 Å². The Kier molecular flexibility index (Phi) is 3.45. The van der Waals surface area contributed by atoms with Gasteiger partial charge in [-0.15, -0.1) is 0 Å². The lowest BCUT2D eigenvalue weighted by molar-refractivity contribution is -0.142. The van der Waals surface area contributed by atoms with E-state index in [4.69, 9.17) is 4.74 Å². The van der Waals surface area contributed by atoms with Crippen molar-refractivity contribution in [3.8, 4) is 0 Å². The molecule has 108 valence electrons. The Morgan fingerprint density at radius 2 is 1.89 bits per heavy atom. The van der Waals surface area contributed by atoms with Crippen LogP contribution in [0.5, 0.6) is 0 Å². The molecule has 1 N–H and O–H groups in total. The van der Waals surface area contributed by atoms with Crippen LogP contribution in [0, 0.1) is 5.41 Å². The summed E-state index contributed by atoms with van der Waals surface area (Å²) < 4.78 is 5.03. The van der Waals surface area contributed by atoms with Crippen molar-refractivity contribution in [3.05, 3.63) is 0 Å². The van der Waals surface area contributed by atoms with Crippen molar-refractivity contribution in [2.24, 2.45) is 5.41 Å². The van der Waals surface area contributed by atoms with Crippen LogP contribution in [0.25, 0.3) is 0 Å². The van der Waals surface area contributed by atoms with Gasteiger partial charge in [-0.25, -0.2) is 9.59 Å². The highest BCUT2D eigenvalue weighted by Crippen LogP contribution is 2.71. The molecule has 1 spiro atoms. The molecule has 19 heavy (non-hydrogen) atoms. The number of amides is 1. The van der Waals surface area contributed by atoms with Crippen molar-refractivity contribution in [1.82, 2.24) is 4.90 Å². The average molecular weight is 399 g/mol. The van der Waals surface area contributed by atoms with Crippen LogP contribution in [0.15, 0.2) is 0 Å². The Morgan fingerprint density at radius 1 is 1.37 bits per heavy atom. The van der Waals surface area contributed by atoms with Gasteiger partial charge in [0.05, 0.1) is 3.23 Å². The predicted octanol–water partition coefficient (Wildman–Crippen LogP) is 2.96. The Hall–Kier alpha value is -0.300. The lowest BCUT2D eigenvalue weighted by Gasteiger charge is -2.26. The van der Waals surface area contributed by atoms with E-state index in [1.165, 1.54) is 4.90 Å². The van der Waals surface area contributed by atoms with Gasteiger partial charge in [-0.1, -0.05) is 31.9 Å². The lowest BCUT2D eigenvalue weighted by Crippen LogP contribution is -2.43. The molecule has 1 unspecified atom stereocenters. The van der Waals surface area contributed by atoms with Gasteiger partial charge >= 0.3 is 12.1 Å². The van der Waals surface area contributed by atoms with E-state index < -0.39 is 23.7 Å². The van der Waals surface area contributed by atoms with Crippen LogP contribution >= 0.6 is 31.9 Å². The van der Waals surface area contributed by atoms with E-state index in [0.29, 0.717) is 13.0 Å². The van der Waals surface area contributed by atoms with Gasteiger partial charge in [-0.05, 0) is 33.6 Å². The quantitative estimate of drug-likeness (QED) is 0.689. The summed E-state index contributed by atoms with van der Waals surface area (Å²) >= 11 is 7.06. The maximum Gasteiger partial charge on any atom is 0.411 e. The van der Waals surface area contributed by atoms with E-state index in [1.807, 2.05) is 0 Å². The molecule has 2 fully saturated rings. The molecule has 0 aromatic rings. The number of aliphatic carboxylic acids is 1. The largest absolute Gasteiger partial charge is 0.480 e. The number of carboxylic acid groups (broad SMARTS) is 1. The third kappa shape index (κ3) is 2.77. The molecule has 1 saturated heterocycles. The molecule has 2 aliphatic rings. The molecule has 2 rings (SSSR count). The monoisotopic (exact) mass is 397 g/mol. The summed E-state index contributed by atoms with van der Waals surface area (Å²) in [7, 11) is 0. The smallest absolute Gasteiger partial charge is 0.411 e. The van der Waals surface area contributed by atoms with E-state index in [1.54, 1.807) is 20.8 Å². The standard InChI is InChI=1S/C12H17Br2NO4/c1-10(2,3)19-9(18)15-6-11(5-12(11,13)14)4-7(15)8(16)17/h7H,4-6H2,1-3H3,(H,16,17)/t7-,11?/m0/s1. The Balaban J connectivity index is 2.15. The van der Waals surface area contributed by atoms with Gasteiger partial charge in [0.25, 0.3) is 0 Å². The van der Waals surface area contributed by atoms with Crippen molar-refractivity contribution in [3.63, 3.8) is 0 Å². The number of likely N-dealkylation sites (tertiary alicyclic amines) is 1. The van der Waals surface area contributed by atoms with E-state index in [9.17, 15) is 14.7 Å². The zero-order valence-electron chi connectivity index (χ0n) is 11.1. The van der Waals surface area contributed by atoms with E-state index >= 15 is 0 Å². The average Bonchev–Trinajstić information content (AvgIpc) is 2.55. The van der Waals surface area contributed by atoms with E-state index in [-0.39, 0.29) is 8.65 Å². The van der Waals surface area contributed by atoms with Crippen molar-refractivity contribution in [2.75, 3.05) is 6.54 Å². The minimum Gasteiger partial charge on any atom is -0.480 e. The van der Waals surface area contributed by atoms with Crippen molar-refractivity contribution in [1.29, 1.82) is 0 Å². The first kappa shape index (κ1) is 15.1. The first-order valence-electron chi connectivity index (χ1n) is 6.08. The van der Waals surface area contributed by atoms with Crippen LogP contribution in [-0.2, 0) is 9.53 Å². The van der Waals surface area contributed by atoms with Crippen LogP contribution < -0.4 is 0 Å². The van der Waals surface area contributed by atoms with Crippen molar-refractivity contribution < 1.29 is 19.4 Å². The van der Waals surface area contributed by atoms with Crippen LogP contribution in [-0.4, -0.2) is 43.5 Å². The predicted molar refractivity (Wildman–Crippen MR) is 76.6 cm³/mol. The normalized spacial score (nSPS) is 32.5. The Labute approximate surface area is 128 Å². The lowest BCUT2D eigenvalue weighted by atomic mass is 10.0. The minimum atomic E-state index is -0.981. The number of hydrogen-bond donors (Lipinski definition) is 1. The molecule has 2 atom stereocenters. The molecule has 7 heteroatoms. The first-order valence-corrected chi connectivity index (χ1v) is 7.66. The molecule has 1 amide bonds. The number of alkyl halides is 2. The summed E-state index contributed by atoms with van der Waals surface area (Å²) in [5.41, 5.74) is -0.827. The zero-order valence-corrected chi connectivity index (χ0v) is 14.2. The zero-order chi connectivity index (χ0) is 14.6. The van der Waals surface area contributed by atoms with Crippen molar-refractivity contribution >= 4 is 43.9 Å². The Morgan fingerprint density at radius 3 is 2.26 bits per heavy atom. The van der Waals surface area contributed by atoms with Gasteiger partial charge in [-0.2, -0.15) is 0 Å². The summed E-state index contributed by atoms with van der Waals surface area (Å²) in [6.45, 7) is 5.70. The van der Waals surface area contributed by atoms with E-state index in [0.717, 1.165) is 6.42 Å². The fourth-order valence-corrected chi connectivity index (χ4v) is 4.14. The molecular formula is C12H17Br2NO4. The molecule has 5 nitrogen and oxygen atoms in total. The van der Waals surface area contributed by atoms with Gasteiger partial charge < -0.3 is 9.84 Å². The molecule has 1 aliphatic carbocycles. The molecule has 0 aromatic heterocycles. The number of nitrogens with zero attached hydrogens (tertiary/aromatic N) is 1. The van der Waals surface area contributed by atoms with Gasteiger partial charge in [0.15, 0.2) is 0 Å². The maximum atomic E-state index is 12.1. The summed E-state index contributed by atoms with van der Waals surface area (Å²) in [5.74, 6) is -0.981. The summed E-state index contributed by atoms with van der Waals surface area (Å²) in [6, 6.07) is -0.813. The molecule has 1 heterocycles. The van der Waals surface area contributed by atoms with Crippen LogP contribution in [0.2, 0.25) is 0 Å². The highest BCUT2D eigenvalue weighted by atomic mass is 79.9. The number of halogens is 2. The summed E-state index contributed by atoms with van der Waals surface area (Å²) in [4.78, 5) is 24.8. The number of ether oxygens (including phenoxy) is 1. The molecule has 1 aliphatic heterocycles. The van der Waals surface area contributed by atoms with Crippen LogP contribution in [0.3, 0.4) is 0 Å². The summed E-state index contributed by atoms with van der Waals surface area (Å²) in [5, 5.41) is 9.28. The second-order valence-corrected chi connectivity index (χ2v) is 10.1. The number of rotatable bonds is 1. The molecule has 0 aromatic carbocycles. The number of carboxylic acids is 1.